The Labute approximate surface area is 181 Å². The fourth-order valence-electron chi connectivity index (χ4n) is 3.57. The highest BCUT2D eigenvalue weighted by molar-refractivity contribution is 5.75. The van der Waals surface area contributed by atoms with Crippen molar-refractivity contribution >= 4 is 11.7 Å². The second-order valence-corrected chi connectivity index (χ2v) is 8.62. The number of H-pyrrole nitrogens is 1. The number of benzene rings is 1. The van der Waals surface area contributed by atoms with Crippen LogP contribution in [0.5, 0.6) is 0 Å². The van der Waals surface area contributed by atoms with Gasteiger partial charge in [0.05, 0.1) is 11.4 Å². The van der Waals surface area contributed by atoms with Gasteiger partial charge in [0.1, 0.15) is 11.4 Å². The zero-order valence-electron chi connectivity index (χ0n) is 18.0. The maximum atomic E-state index is 14.9. The van der Waals surface area contributed by atoms with Crippen molar-refractivity contribution in [1.82, 2.24) is 14.9 Å². The predicted octanol–water partition coefficient (Wildman–Crippen LogP) is 5.91. The van der Waals surface area contributed by atoms with Gasteiger partial charge < -0.3 is 14.6 Å². The van der Waals surface area contributed by atoms with Crippen molar-refractivity contribution in [3.8, 4) is 22.5 Å². The zero-order valence-corrected chi connectivity index (χ0v) is 18.0. The summed E-state index contributed by atoms with van der Waals surface area (Å²) in [6.45, 7) is 6.45. The van der Waals surface area contributed by atoms with Crippen LogP contribution >= 0.6 is 0 Å². The summed E-state index contributed by atoms with van der Waals surface area (Å²) in [6.07, 6.45) is 5.75. The van der Waals surface area contributed by atoms with Gasteiger partial charge in [-0.3, -0.25) is 4.98 Å². The van der Waals surface area contributed by atoms with Gasteiger partial charge in [-0.25, -0.2) is 9.18 Å². The van der Waals surface area contributed by atoms with E-state index in [1.54, 1.807) is 23.2 Å². The number of rotatable bonds is 3. The monoisotopic (exact) mass is 419 g/mol. The van der Waals surface area contributed by atoms with Crippen LogP contribution in [-0.4, -0.2) is 39.7 Å². The summed E-state index contributed by atoms with van der Waals surface area (Å²) in [7, 11) is 0. The van der Waals surface area contributed by atoms with Crippen LogP contribution in [-0.2, 0) is 4.74 Å². The molecule has 5 nitrogen and oxygen atoms in total. The van der Waals surface area contributed by atoms with Gasteiger partial charge in [0.15, 0.2) is 0 Å². The molecule has 1 aromatic carbocycles. The Hall–Kier alpha value is -3.41. The van der Waals surface area contributed by atoms with Crippen LogP contribution in [0.15, 0.2) is 60.9 Å². The minimum atomic E-state index is -0.530. The van der Waals surface area contributed by atoms with Crippen LogP contribution in [0, 0.1) is 5.82 Å². The molecule has 3 aromatic rings. The van der Waals surface area contributed by atoms with Crippen molar-refractivity contribution in [2.45, 2.75) is 32.8 Å². The Morgan fingerprint density at radius 2 is 1.97 bits per heavy atom. The van der Waals surface area contributed by atoms with Gasteiger partial charge in [-0.05, 0) is 62.6 Å². The quantitative estimate of drug-likeness (QED) is 0.574. The lowest BCUT2D eigenvalue weighted by molar-refractivity contribution is 0.0270. The molecule has 160 valence electrons. The molecule has 4 rings (SSSR count). The van der Waals surface area contributed by atoms with E-state index in [1.807, 2.05) is 63.4 Å². The summed E-state index contributed by atoms with van der Waals surface area (Å²) in [6, 6.07) is 13.0. The summed E-state index contributed by atoms with van der Waals surface area (Å²) in [5.74, 6) is -0.275. The summed E-state index contributed by atoms with van der Waals surface area (Å²) < 4.78 is 20.3. The smallest absolute Gasteiger partial charge is 0.410 e. The maximum absolute atomic E-state index is 14.9. The summed E-state index contributed by atoms with van der Waals surface area (Å²) >= 11 is 0. The number of pyridine rings is 1. The lowest BCUT2D eigenvalue weighted by atomic mass is 9.96. The molecule has 2 aromatic heterocycles. The lowest BCUT2D eigenvalue weighted by Gasteiger charge is -2.29. The van der Waals surface area contributed by atoms with E-state index in [0.717, 1.165) is 28.1 Å². The molecule has 1 amide bonds. The number of ether oxygens (including phenoxy) is 1. The van der Waals surface area contributed by atoms with Crippen molar-refractivity contribution in [3.05, 3.63) is 72.3 Å². The standard InChI is InChI=1S/C25H26FN3O2/c1-25(2,3)31-24(30)29-13-10-17(11-14-29)20-8-6-18(15-21(20)26)19-7-9-23(28-16-19)22-5-4-12-27-22/h4-10,12,15-16,27H,11,13-14H2,1-3H3. The molecular formula is C25H26FN3O2. The number of amides is 1. The first-order chi connectivity index (χ1) is 14.8. The van der Waals surface area contributed by atoms with Crippen molar-refractivity contribution in [2.24, 2.45) is 0 Å². The number of hydrogen-bond acceptors (Lipinski definition) is 3. The average Bonchev–Trinajstić information content (AvgIpc) is 3.28. The number of nitrogens with one attached hydrogen (secondary N) is 1. The van der Waals surface area contributed by atoms with Gasteiger partial charge in [0, 0.05) is 36.6 Å². The third-order valence-corrected chi connectivity index (χ3v) is 5.15. The number of carbonyl (C=O) groups is 1. The molecule has 0 unspecified atom stereocenters. The Morgan fingerprint density at radius 3 is 2.55 bits per heavy atom. The molecular weight excluding hydrogens is 393 g/mol. The molecule has 1 N–H and O–H groups in total. The van der Waals surface area contributed by atoms with Gasteiger partial charge in [-0.15, -0.1) is 0 Å². The molecule has 1 aliphatic heterocycles. The number of aromatic nitrogens is 2. The third-order valence-electron chi connectivity index (χ3n) is 5.15. The first kappa shape index (κ1) is 20.8. The molecule has 1 aliphatic rings. The van der Waals surface area contributed by atoms with E-state index in [9.17, 15) is 9.18 Å². The highest BCUT2D eigenvalue weighted by Gasteiger charge is 2.24. The SMILES string of the molecule is CC(C)(C)OC(=O)N1CC=C(c2ccc(-c3ccc(-c4ccc[nH]4)nc3)cc2F)CC1. The van der Waals surface area contributed by atoms with Crippen LogP contribution in [0.1, 0.15) is 32.8 Å². The van der Waals surface area contributed by atoms with E-state index in [0.29, 0.717) is 25.1 Å². The van der Waals surface area contributed by atoms with E-state index in [2.05, 4.69) is 9.97 Å². The van der Waals surface area contributed by atoms with Crippen LogP contribution in [0.4, 0.5) is 9.18 Å². The molecule has 0 bridgehead atoms. The molecule has 0 aliphatic carbocycles. The fraction of sp³-hybridized carbons (Fsp3) is 0.280. The molecule has 0 radical (unpaired) electrons. The molecule has 0 atom stereocenters. The highest BCUT2D eigenvalue weighted by Crippen LogP contribution is 2.29. The second-order valence-electron chi connectivity index (χ2n) is 8.62. The van der Waals surface area contributed by atoms with Crippen molar-refractivity contribution in [3.63, 3.8) is 0 Å². The van der Waals surface area contributed by atoms with E-state index in [1.165, 1.54) is 0 Å². The van der Waals surface area contributed by atoms with Crippen molar-refractivity contribution < 1.29 is 13.9 Å². The largest absolute Gasteiger partial charge is 0.444 e. The van der Waals surface area contributed by atoms with Gasteiger partial charge >= 0.3 is 6.09 Å². The highest BCUT2D eigenvalue weighted by atomic mass is 19.1. The normalized spacial score (nSPS) is 14.3. The van der Waals surface area contributed by atoms with Gasteiger partial charge in [0.2, 0.25) is 0 Å². The van der Waals surface area contributed by atoms with E-state index < -0.39 is 5.60 Å². The number of nitrogens with zero attached hydrogens (tertiary/aromatic N) is 2. The number of halogens is 1. The van der Waals surface area contributed by atoms with E-state index >= 15 is 0 Å². The van der Waals surface area contributed by atoms with E-state index in [-0.39, 0.29) is 11.9 Å². The van der Waals surface area contributed by atoms with Gasteiger partial charge in [-0.2, -0.15) is 0 Å². The predicted molar refractivity (Wildman–Crippen MR) is 120 cm³/mol. The van der Waals surface area contributed by atoms with Crippen LogP contribution in [0.25, 0.3) is 28.1 Å². The van der Waals surface area contributed by atoms with Gasteiger partial charge in [-0.1, -0.05) is 24.3 Å². The van der Waals surface area contributed by atoms with Crippen LogP contribution < -0.4 is 0 Å². The number of carbonyl (C=O) groups excluding carboxylic acids is 1. The third kappa shape index (κ3) is 4.85. The van der Waals surface area contributed by atoms with E-state index in [4.69, 9.17) is 4.74 Å². The Kier molecular flexibility index (Phi) is 5.63. The average molecular weight is 420 g/mol. The Morgan fingerprint density at radius 1 is 1.16 bits per heavy atom. The Balaban J connectivity index is 1.47. The molecule has 31 heavy (non-hydrogen) atoms. The number of aromatic amines is 1. The zero-order chi connectivity index (χ0) is 22.0. The molecule has 0 fully saturated rings. The second kappa shape index (κ2) is 8.38. The number of hydrogen-bond donors (Lipinski definition) is 1. The topological polar surface area (TPSA) is 58.2 Å². The molecule has 0 saturated heterocycles. The van der Waals surface area contributed by atoms with Crippen molar-refractivity contribution in [2.75, 3.05) is 13.1 Å². The Bertz CT molecular complexity index is 1100. The minimum absolute atomic E-state index is 0.275. The summed E-state index contributed by atoms with van der Waals surface area (Å²) in [5, 5.41) is 0. The minimum Gasteiger partial charge on any atom is -0.444 e. The summed E-state index contributed by atoms with van der Waals surface area (Å²) in [5.41, 5.74) is 4.36. The molecule has 6 heteroatoms. The summed E-state index contributed by atoms with van der Waals surface area (Å²) in [4.78, 5) is 21.5. The van der Waals surface area contributed by atoms with Crippen LogP contribution in [0.2, 0.25) is 0 Å². The fourth-order valence-corrected chi connectivity index (χ4v) is 3.57. The molecule has 0 saturated carbocycles. The van der Waals surface area contributed by atoms with Gasteiger partial charge in [0.25, 0.3) is 0 Å². The molecule has 3 heterocycles. The van der Waals surface area contributed by atoms with Crippen LogP contribution in [0.3, 0.4) is 0 Å². The lowest BCUT2D eigenvalue weighted by Crippen LogP contribution is -2.39. The first-order valence-electron chi connectivity index (χ1n) is 10.4. The first-order valence-corrected chi connectivity index (χ1v) is 10.4. The molecule has 0 spiro atoms. The van der Waals surface area contributed by atoms with Crippen molar-refractivity contribution in [1.29, 1.82) is 0 Å². The maximum Gasteiger partial charge on any atom is 0.410 e.